The monoisotopic (exact) mass is 230 g/mol. The fourth-order valence-corrected chi connectivity index (χ4v) is 1.65. The van der Waals surface area contributed by atoms with Crippen molar-refractivity contribution in [2.75, 3.05) is 0 Å². The molecule has 3 aromatic rings. The fraction of sp³-hybridized carbons (Fsp3) is 0. The van der Waals surface area contributed by atoms with Gasteiger partial charge in [0, 0.05) is 29.0 Å². The van der Waals surface area contributed by atoms with Crippen LogP contribution < -0.4 is 0 Å². The van der Waals surface area contributed by atoms with Crippen molar-refractivity contribution in [1.82, 2.24) is 9.97 Å². The molecular formula is C12H7ClN2O. The Hall–Kier alpha value is -1.87. The highest BCUT2D eigenvalue weighted by molar-refractivity contribution is 6.30. The third kappa shape index (κ3) is 1.55. The molecule has 0 N–H and O–H groups in total. The third-order valence-electron chi connectivity index (χ3n) is 2.29. The Bertz CT molecular complexity index is 598. The third-order valence-corrected chi connectivity index (χ3v) is 2.55. The van der Waals surface area contributed by atoms with Crippen LogP contribution in [-0.4, -0.2) is 9.97 Å². The van der Waals surface area contributed by atoms with Gasteiger partial charge in [0.25, 0.3) is 0 Å². The second-order valence-electron chi connectivity index (χ2n) is 3.36. The number of halogens is 1. The molecule has 0 fully saturated rings. The molecule has 0 saturated carbocycles. The fourth-order valence-electron chi connectivity index (χ4n) is 1.53. The van der Waals surface area contributed by atoms with Crippen LogP contribution in [-0.2, 0) is 0 Å². The number of nitrogens with zero attached hydrogens (tertiary/aromatic N) is 2. The van der Waals surface area contributed by atoms with Crippen LogP contribution in [0.5, 0.6) is 0 Å². The molecule has 3 rings (SSSR count). The highest BCUT2D eigenvalue weighted by Gasteiger charge is 2.06. The van der Waals surface area contributed by atoms with E-state index in [1.54, 1.807) is 12.4 Å². The zero-order valence-corrected chi connectivity index (χ0v) is 8.98. The van der Waals surface area contributed by atoms with Crippen molar-refractivity contribution in [1.29, 1.82) is 0 Å². The first-order chi connectivity index (χ1) is 7.83. The van der Waals surface area contributed by atoms with Gasteiger partial charge in [-0.15, -0.1) is 0 Å². The van der Waals surface area contributed by atoms with Crippen LogP contribution in [0.25, 0.3) is 22.6 Å². The second-order valence-corrected chi connectivity index (χ2v) is 3.80. The molecule has 0 atom stereocenters. The van der Waals surface area contributed by atoms with E-state index < -0.39 is 0 Å². The molecule has 78 valence electrons. The zero-order valence-electron chi connectivity index (χ0n) is 8.22. The van der Waals surface area contributed by atoms with Crippen molar-refractivity contribution in [2.24, 2.45) is 0 Å². The van der Waals surface area contributed by atoms with Crippen LogP contribution in [0.1, 0.15) is 0 Å². The minimum Gasteiger partial charge on any atom is -0.436 e. The van der Waals surface area contributed by atoms with E-state index in [9.17, 15) is 0 Å². The van der Waals surface area contributed by atoms with E-state index in [0.29, 0.717) is 10.7 Å². The van der Waals surface area contributed by atoms with Crippen molar-refractivity contribution < 1.29 is 4.42 Å². The first kappa shape index (κ1) is 9.36. The quantitative estimate of drug-likeness (QED) is 0.642. The molecule has 0 amide bonds. The summed E-state index contributed by atoms with van der Waals surface area (Å²) in [6.07, 6.45) is 3.25. The summed E-state index contributed by atoms with van der Waals surface area (Å²) in [7, 11) is 0. The van der Waals surface area contributed by atoms with Crippen molar-refractivity contribution in [3.63, 3.8) is 0 Å². The van der Waals surface area contributed by atoms with E-state index in [2.05, 4.69) is 9.97 Å². The highest BCUT2D eigenvalue weighted by Crippen LogP contribution is 2.26. The Kier molecular flexibility index (Phi) is 2.11. The molecule has 0 saturated heterocycles. The van der Waals surface area contributed by atoms with Crippen LogP contribution in [0.15, 0.2) is 47.1 Å². The highest BCUT2D eigenvalue weighted by atomic mass is 35.5. The van der Waals surface area contributed by atoms with Gasteiger partial charge in [-0.05, 0) is 24.3 Å². The Balaban J connectivity index is 2.15. The van der Waals surface area contributed by atoms with E-state index in [-0.39, 0.29) is 0 Å². The molecule has 0 bridgehead atoms. The average molecular weight is 231 g/mol. The summed E-state index contributed by atoms with van der Waals surface area (Å²) in [6, 6.07) is 9.32. The van der Waals surface area contributed by atoms with Crippen LogP contribution >= 0.6 is 11.6 Å². The van der Waals surface area contributed by atoms with Gasteiger partial charge in [0.15, 0.2) is 0 Å². The number of rotatable bonds is 1. The first-order valence-corrected chi connectivity index (χ1v) is 5.17. The van der Waals surface area contributed by atoms with Crippen molar-refractivity contribution in [3.05, 3.63) is 47.7 Å². The SMILES string of the molecule is Clc1ccc(-c2cc3nccnc3o2)cc1. The van der Waals surface area contributed by atoms with Gasteiger partial charge in [-0.25, -0.2) is 9.97 Å². The van der Waals surface area contributed by atoms with Gasteiger partial charge in [-0.3, -0.25) is 0 Å². The van der Waals surface area contributed by atoms with Gasteiger partial charge >= 0.3 is 0 Å². The number of aromatic nitrogens is 2. The van der Waals surface area contributed by atoms with Gasteiger partial charge < -0.3 is 4.42 Å². The summed E-state index contributed by atoms with van der Waals surface area (Å²) in [4.78, 5) is 8.25. The molecule has 0 spiro atoms. The van der Waals surface area contributed by atoms with Crippen molar-refractivity contribution in [3.8, 4) is 11.3 Å². The summed E-state index contributed by atoms with van der Waals surface area (Å²) in [5.74, 6) is 0.748. The maximum Gasteiger partial charge on any atom is 0.245 e. The Morgan fingerprint density at radius 3 is 2.50 bits per heavy atom. The minimum absolute atomic E-state index is 0.549. The molecule has 1 aromatic carbocycles. The van der Waals surface area contributed by atoms with E-state index in [0.717, 1.165) is 16.8 Å². The van der Waals surface area contributed by atoms with Crippen molar-refractivity contribution >= 4 is 22.8 Å². The molecular weight excluding hydrogens is 224 g/mol. The first-order valence-electron chi connectivity index (χ1n) is 4.79. The molecule has 0 aliphatic carbocycles. The lowest BCUT2D eigenvalue weighted by Gasteiger charge is -1.95. The molecule has 0 aliphatic heterocycles. The lowest BCUT2D eigenvalue weighted by atomic mass is 10.2. The summed E-state index contributed by atoms with van der Waals surface area (Å²) >= 11 is 5.82. The smallest absolute Gasteiger partial charge is 0.245 e. The number of benzene rings is 1. The van der Waals surface area contributed by atoms with E-state index in [4.69, 9.17) is 16.0 Å². The number of fused-ring (bicyclic) bond motifs is 1. The molecule has 4 heteroatoms. The van der Waals surface area contributed by atoms with Crippen molar-refractivity contribution in [2.45, 2.75) is 0 Å². The van der Waals surface area contributed by atoms with Gasteiger partial charge in [-0.1, -0.05) is 11.6 Å². The standard InChI is InChI=1S/C12H7ClN2O/c13-9-3-1-8(2-4-9)11-7-10-12(16-11)15-6-5-14-10/h1-7H. The van der Waals surface area contributed by atoms with E-state index in [1.165, 1.54) is 0 Å². The average Bonchev–Trinajstić information content (AvgIpc) is 2.73. The van der Waals surface area contributed by atoms with Gasteiger partial charge in [0.05, 0.1) is 0 Å². The van der Waals surface area contributed by atoms with E-state index >= 15 is 0 Å². The molecule has 2 aromatic heterocycles. The molecule has 0 unspecified atom stereocenters. The second kappa shape index (κ2) is 3.61. The minimum atomic E-state index is 0.549. The van der Waals surface area contributed by atoms with Crippen LogP contribution in [0, 0.1) is 0 Å². The maximum atomic E-state index is 5.82. The number of hydrogen-bond donors (Lipinski definition) is 0. The Morgan fingerprint density at radius 2 is 1.75 bits per heavy atom. The summed E-state index contributed by atoms with van der Waals surface area (Å²) in [6.45, 7) is 0. The molecule has 0 aliphatic rings. The van der Waals surface area contributed by atoms with Crippen LogP contribution in [0.3, 0.4) is 0 Å². The molecule has 16 heavy (non-hydrogen) atoms. The summed E-state index contributed by atoms with van der Waals surface area (Å²) < 4.78 is 5.58. The summed E-state index contributed by atoms with van der Waals surface area (Å²) in [5, 5.41) is 0.705. The Labute approximate surface area is 96.7 Å². The van der Waals surface area contributed by atoms with Crippen LogP contribution in [0.4, 0.5) is 0 Å². The van der Waals surface area contributed by atoms with Gasteiger partial charge in [0.1, 0.15) is 11.3 Å². The number of hydrogen-bond acceptors (Lipinski definition) is 3. The molecule has 0 radical (unpaired) electrons. The van der Waals surface area contributed by atoms with Crippen LogP contribution in [0.2, 0.25) is 5.02 Å². The predicted octanol–water partition coefficient (Wildman–Crippen LogP) is 3.54. The van der Waals surface area contributed by atoms with Gasteiger partial charge in [-0.2, -0.15) is 0 Å². The van der Waals surface area contributed by atoms with E-state index in [1.807, 2.05) is 30.3 Å². The normalized spacial score (nSPS) is 10.8. The largest absolute Gasteiger partial charge is 0.436 e. The summed E-state index contributed by atoms with van der Waals surface area (Å²) in [5.41, 5.74) is 2.27. The Morgan fingerprint density at radius 1 is 1.00 bits per heavy atom. The van der Waals surface area contributed by atoms with Gasteiger partial charge in [0.2, 0.25) is 5.71 Å². The lowest BCUT2D eigenvalue weighted by molar-refractivity contribution is 0.617. The predicted molar refractivity (Wildman–Crippen MR) is 62.3 cm³/mol. The lowest BCUT2D eigenvalue weighted by Crippen LogP contribution is -1.73. The zero-order chi connectivity index (χ0) is 11.0. The number of furan rings is 1. The molecule has 3 nitrogen and oxygen atoms in total. The maximum absolute atomic E-state index is 5.82. The molecule has 2 heterocycles. The topological polar surface area (TPSA) is 38.9 Å².